The lowest BCUT2D eigenvalue weighted by molar-refractivity contribution is -0.125. The smallest absolute Gasteiger partial charge is 0.331 e. The van der Waals surface area contributed by atoms with E-state index in [0.717, 1.165) is 11.0 Å². The van der Waals surface area contributed by atoms with Gasteiger partial charge < -0.3 is 5.11 Å². The Kier molecular flexibility index (Phi) is 4.15. The quantitative estimate of drug-likeness (QED) is 0.901. The van der Waals surface area contributed by atoms with Crippen molar-refractivity contribution in [3.63, 3.8) is 0 Å². The fraction of sp³-hybridized carbons (Fsp3) is 0.176. The van der Waals surface area contributed by atoms with Crippen molar-refractivity contribution in [2.24, 2.45) is 0 Å². The number of benzene rings is 2. The third kappa shape index (κ3) is 2.80. The Labute approximate surface area is 142 Å². The first kappa shape index (κ1) is 16.3. The van der Waals surface area contributed by atoms with Crippen LogP contribution in [0.25, 0.3) is 11.1 Å². The molecule has 1 aliphatic heterocycles. The molecule has 0 bridgehead atoms. The van der Waals surface area contributed by atoms with E-state index in [1.807, 2.05) is 0 Å². The predicted octanol–water partition coefficient (Wildman–Crippen LogP) is 3.64. The second-order valence-electron chi connectivity index (χ2n) is 5.44. The first-order valence-corrected chi connectivity index (χ1v) is 7.64. The fourth-order valence-corrected chi connectivity index (χ4v) is 2.91. The summed E-state index contributed by atoms with van der Waals surface area (Å²) in [6.45, 7) is 1.66. The van der Waals surface area contributed by atoms with E-state index in [2.05, 4.69) is 0 Å². The minimum absolute atomic E-state index is 0.0266. The molecule has 7 heteroatoms. The van der Waals surface area contributed by atoms with Crippen LogP contribution >= 0.6 is 11.6 Å². The number of nitrogens with zero attached hydrogens (tertiary/aromatic N) is 2. The van der Waals surface area contributed by atoms with E-state index < -0.39 is 17.8 Å². The summed E-state index contributed by atoms with van der Waals surface area (Å²) >= 11 is 5.95. The van der Waals surface area contributed by atoms with Crippen molar-refractivity contribution in [2.45, 2.75) is 6.92 Å². The van der Waals surface area contributed by atoms with Crippen LogP contribution in [0.3, 0.4) is 0 Å². The lowest BCUT2D eigenvalue weighted by Crippen LogP contribution is -2.34. The van der Waals surface area contributed by atoms with E-state index in [0.29, 0.717) is 10.6 Å². The van der Waals surface area contributed by atoms with Gasteiger partial charge in [-0.05, 0) is 23.8 Å². The number of aromatic hydroxyl groups is 1. The van der Waals surface area contributed by atoms with Gasteiger partial charge in [-0.1, -0.05) is 23.7 Å². The van der Waals surface area contributed by atoms with Crippen LogP contribution in [-0.4, -0.2) is 35.0 Å². The summed E-state index contributed by atoms with van der Waals surface area (Å²) in [6.07, 6.45) is 0. The molecule has 0 aromatic heterocycles. The highest BCUT2D eigenvalue weighted by Gasteiger charge is 2.34. The maximum absolute atomic E-state index is 14.1. The van der Waals surface area contributed by atoms with Gasteiger partial charge in [0.25, 0.3) is 0 Å². The molecule has 24 heavy (non-hydrogen) atoms. The average molecular weight is 349 g/mol. The zero-order chi connectivity index (χ0) is 17.4. The van der Waals surface area contributed by atoms with Crippen LogP contribution in [0.4, 0.5) is 14.9 Å². The van der Waals surface area contributed by atoms with Crippen molar-refractivity contribution in [1.82, 2.24) is 4.90 Å². The lowest BCUT2D eigenvalue weighted by atomic mass is 10.0. The number of imide groups is 1. The van der Waals surface area contributed by atoms with Crippen LogP contribution in [0.1, 0.15) is 6.92 Å². The molecule has 0 aliphatic carbocycles. The molecule has 1 N–H and O–H groups in total. The minimum atomic E-state index is -0.605. The van der Waals surface area contributed by atoms with Crippen molar-refractivity contribution in [3.05, 3.63) is 47.2 Å². The molecule has 5 nitrogen and oxygen atoms in total. The molecule has 1 saturated heterocycles. The molecular weight excluding hydrogens is 335 g/mol. The minimum Gasteiger partial charge on any atom is -0.505 e. The van der Waals surface area contributed by atoms with Crippen molar-refractivity contribution in [3.8, 4) is 16.9 Å². The Hall–Kier alpha value is -2.60. The molecule has 3 rings (SSSR count). The first-order chi connectivity index (χ1) is 11.4. The van der Waals surface area contributed by atoms with Crippen molar-refractivity contribution in [1.29, 1.82) is 0 Å². The Morgan fingerprint density at radius 1 is 1.25 bits per heavy atom. The summed E-state index contributed by atoms with van der Waals surface area (Å²) in [5.41, 5.74) is 0.774. The van der Waals surface area contributed by atoms with Crippen LogP contribution < -0.4 is 4.90 Å². The summed E-state index contributed by atoms with van der Waals surface area (Å²) in [6, 6.07) is 8.28. The number of hydrogen-bond donors (Lipinski definition) is 1. The van der Waals surface area contributed by atoms with E-state index in [9.17, 15) is 19.1 Å². The molecular formula is C17H14ClFN2O3. The molecule has 2 aromatic carbocycles. The van der Waals surface area contributed by atoms with Gasteiger partial charge in [0.05, 0.1) is 5.69 Å². The van der Waals surface area contributed by atoms with Gasteiger partial charge in [0, 0.05) is 36.7 Å². The van der Waals surface area contributed by atoms with E-state index in [-0.39, 0.29) is 30.1 Å². The van der Waals surface area contributed by atoms with Gasteiger partial charge in [0.2, 0.25) is 5.91 Å². The van der Waals surface area contributed by atoms with E-state index in [1.165, 1.54) is 17.9 Å². The Balaban J connectivity index is 2.08. The second-order valence-corrected chi connectivity index (χ2v) is 5.87. The van der Waals surface area contributed by atoms with Crippen LogP contribution in [0.2, 0.25) is 5.02 Å². The lowest BCUT2D eigenvalue weighted by Gasteiger charge is -2.19. The number of carbonyl (C=O) groups excluding carboxylic acids is 2. The number of phenols is 1. The van der Waals surface area contributed by atoms with Gasteiger partial charge in [-0.25, -0.2) is 9.18 Å². The molecule has 1 heterocycles. The number of rotatable bonds is 2. The molecule has 124 valence electrons. The highest BCUT2D eigenvalue weighted by atomic mass is 35.5. The van der Waals surface area contributed by atoms with Gasteiger partial charge in [-0.3, -0.25) is 14.6 Å². The zero-order valence-electron chi connectivity index (χ0n) is 12.8. The van der Waals surface area contributed by atoms with Gasteiger partial charge in [0.15, 0.2) is 0 Å². The van der Waals surface area contributed by atoms with Crippen LogP contribution in [0.5, 0.6) is 5.75 Å². The van der Waals surface area contributed by atoms with E-state index in [1.54, 1.807) is 24.3 Å². The van der Waals surface area contributed by atoms with Gasteiger partial charge >= 0.3 is 6.03 Å². The molecule has 0 radical (unpaired) electrons. The van der Waals surface area contributed by atoms with Crippen molar-refractivity contribution < 1.29 is 19.1 Å². The monoisotopic (exact) mass is 348 g/mol. The third-order valence-electron chi connectivity index (χ3n) is 3.87. The maximum Gasteiger partial charge on any atom is 0.331 e. The number of hydrogen-bond acceptors (Lipinski definition) is 3. The number of amides is 3. The second kappa shape index (κ2) is 6.13. The number of phenolic OH excluding ortho intramolecular Hbond substituents is 1. The summed E-state index contributed by atoms with van der Waals surface area (Å²) in [4.78, 5) is 26.0. The first-order valence-electron chi connectivity index (χ1n) is 7.26. The fourth-order valence-electron chi connectivity index (χ4n) is 2.72. The highest BCUT2D eigenvalue weighted by Crippen LogP contribution is 2.40. The largest absolute Gasteiger partial charge is 0.505 e. The highest BCUT2D eigenvalue weighted by molar-refractivity contribution is 6.30. The summed E-state index contributed by atoms with van der Waals surface area (Å²) < 4.78 is 14.1. The number of halogens is 2. The van der Waals surface area contributed by atoms with Crippen LogP contribution in [0, 0.1) is 5.82 Å². The molecule has 0 unspecified atom stereocenters. The molecule has 3 amide bonds. The maximum atomic E-state index is 14.1. The number of anilines is 1. The number of carbonyl (C=O) groups is 2. The standard InChI is InChI=1S/C17H14ClFN2O3/c1-10(22)20-5-6-21(17(20)24)15-9-13(19)8-14(16(15)23)11-3-2-4-12(18)7-11/h2-4,7-9,23H,5-6H2,1H3. The Bertz CT molecular complexity index is 841. The Morgan fingerprint density at radius 2 is 2.00 bits per heavy atom. The molecule has 0 atom stereocenters. The molecule has 0 spiro atoms. The molecule has 1 aliphatic rings. The Morgan fingerprint density at radius 3 is 2.62 bits per heavy atom. The predicted molar refractivity (Wildman–Crippen MR) is 88.6 cm³/mol. The van der Waals surface area contributed by atoms with Gasteiger partial charge in [-0.15, -0.1) is 0 Å². The van der Waals surface area contributed by atoms with Crippen molar-refractivity contribution >= 4 is 29.2 Å². The SMILES string of the molecule is CC(=O)N1CCN(c2cc(F)cc(-c3cccc(Cl)c3)c2O)C1=O. The normalized spacial score (nSPS) is 14.4. The molecule has 2 aromatic rings. The van der Waals surface area contributed by atoms with Crippen LogP contribution in [-0.2, 0) is 4.79 Å². The number of urea groups is 1. The zero-order valence-corrected chi connectivity index (χ0v) is 13.5. The van der Waals surface area contributed by atoms with Gasteiger partial charge in [0.1, 0.15) is 11.6 Å². The van der Waals surface area contributed by atoms with E-state index in [4.69, 9.17) is 11.6 Å². The van der Waals surface area contributed by atoms with Gasteiger partial charge in [-0.2, -0.15) is 0 Å². The summed E-state index contributed by atoms with van der Waals surface area (Å²) in [5.74, 6) is -1.24. The van der Waals surface area contributed by atoms with E-state index >= 15 is 0 Å². The average Bonchev–Trinajstić information content (AvgIpc) is 2.91. The third-order valence-corrected chi connectivity index (χ3v) is 4.11. The molecule has 0 saturated carbocycles. The summed E-state index contributed by atoms with van der Waals surface area (Å²) in [7, 11) is 0. The summed E-state index contributed by atoms with van der Waals surface area (Å²) in [5, 5.41) is 11.0. The van der Waals surface area contributed by atoms with Crippen molar-refractivity contribution in [2.75, 3.05) is 18.0 Å². The van der Waals surface area contributed by atoms with Crippen LogP contribution in [0.15, 0.2) is 36.4 Å². The topological polar surface area (TPSA) is 60.9 Å². The molecule has 1 fully saturated rings.